The van der Waals surface area contributed by atoms with Gasteiger partial charge in [-0.15, -0.1) is 0 Å². The van der Waals surface area contributed by atoms with Crippen LogP contribution in [0.15, 0.2) is 42.5 Å². The molecule has 0 atom stereocenters. The Bertz CT molecular complexity index is 768. The van der Waals surface area contributed by atoms with Crippen molar-refractivity contribution in [2.45, 2.75) is 84.0 Å². The Labute approximate surface area is 181 Å². The van der Waals surface area contributed by atoms with Crippen molar-refractivity contribution in [3.05, 3.63) is 42.5 Å². The van der Waals surface area contributed by atoms with Crippen molar-refractivity contribution in [2.75, 3.05) is 6.61 Å². The lowest BCUT2D eigenvalue weighted by atomic mass is 10.1. The van der Waals surface area contributed by atoms with Crippen LogP contribution in [0.2, 0.25) is 0 Å². The van der Waals surface area contributed by atoms with Gasteiger partial charge in [-0.25, -0.2) is 0 Å². The summed E-state index contributed by atoms with van der Waals surface area (Å²) in [6.45, 7) is 2.73. The summed E-state index contributed by atoms with van der Waals surface area (Å²) >= 11 is 0. The van der Waals surface area contributed by atoms with Crippen molar-refractivity contribution < 1.29 is 19.1 Å². The van der Waals surface area contributed by atoms with E-state index >= 15 is 0 Å². The number of rotatable bonds is 15. The van der Waals surface area contributed by atoms with Crippen LogP contribution in [0.3, 0.4) is 0 Å². The Morgan fingerprint density at radius 2 is 1.33 bits per heavy atom. The quantitative estimate of drug-likeness (QED) is 0.180. The molecule has 0 aliphatic rings. The molecule has 2 aromatic rings. The summed E-state index contributed by atoms with van der Waals surface area (Å²) in [5, 5.41) is 2.21. The lowest BCUT2D eigenvalue weighted by Crippen LogP contribution is -2.07. The molecule has 0 heterocycles. The van der Waals surface area contributed by atoms with E-state index in [1.54, 1.807) is 0 Å². The van der Waals surface area contributed by atoms with E-state index in [2.05, 4.69) is 6.92 Å². The van der Waals surface area contributed by atoms with E-state index in [0.29, 0.717) is 25.2 Å². The number of hydrogen-bond donors (Lipinski definition) is 0. The van der Waals surface area contributed by atoms with Gasteiger partial charge in [0.25, 0.3) is 0 Å². The average molecular weight is 413 g/mol. The summed E-state index contributed by atoms with van der Waals surface area (Å²) in [6.07, 6.45) is 11.4. The van der Waals surface area contributed by atoms with Crippen LogP contribution in [-0.4, -0.2) is 18.5 Å². The lowest BCUT2D eigenvalue weighted by molar-refractivity contribution is -0.144. The molecule has 0 bridgehead atoms. The van der Waals surface area contributed by atoms with Crippen LogP contribution in [0.1, 0.15) is 84.0 Å². The molecule has 0 fully saturated rings. The molecule has 4 nitrogen and oxygen atoms in total. The number of fused-ring (bicyclic) bond motifs is 1. The molecule has 0 aliphatic carbocycles. The first-order chi connectivity index (χ1) is 14.7. The maximum atomic E-state index is 12.0. The molecule has 0 radical (unpaired) electrons. The van der Waals surface area contributed by atoms with Gasteiger partial charge in [-0.1, -0.05) is 82.2 Å². The standard InChI is InChI=1S/C26H36O4/c1-2-3-4-13-20-29-25(27)16-9-7-5-6-8-10-17-26(28)30-24-19-18-22-14-11-12-15-23(22)21-24/h11-12,14-15,18-19,21H,2-10,13,16-17,20H2,1H3. The maximum Gasteiger partial charge on any atom is 0.311 e. The van der Waals surface area contributed by atoms with E-state index in [-0.39, 0.29) is 11.9 Å². The fourth-order valence-electron chi connectivity index (χ4n) is 3.45. The monoisotopic (exact) mass is 412 g/mol. The summed E-state index contributed by atoms with van der Waals surface area (Å²) in [5.74, 6) is 0.367. The summed E-state index contributed by atoms with van der Waals surface area (Å²) in [6, 6.07) is 13.7. The summed E-state index contributed by atoms with van der Waals surface area (Å²) in [5.41, 5.74) is 0. The van der Waals surface area contributed by atoms with Gasteiger partial charge in [-0.2, -0.15) is 0 Å². The first kappa shape index (κ1) is 23.9. The Balaban J connectivity index is 1.45. The van der Waals surface area contributed by atoms with Crippen molar-refractivity contribution in [1.82, 2.24) is 0 Å². The van der Waals surface area contributed by atoms with Crippen molar-refractivity contribution in [3.8, 4) is 5.75 Å². The van der Waals surface area contributed by atoms with Gasteiger partial charge in [0, 0.05) is 12.8 Å². The molecule has 2 rings (SSSR count). The van der Waals surface area contributed by atoms with Crippen LogP contribution in [0.5, 0.6) is 5.75 Å². The molecular weight excluding hydrogens is 376 g/mol. The molecule has 2 aromatic carbocycles. The van der Waals surface area contributed by atoms with Crippen molar-refractivity contribution >= 4 is 22.7 Å². The second kappa shape index (κ2) is 14.6. The van der Waals surface area contributed by atoms with Crippen molar-refractivity contribution in [1.29, 1.82) is 0 Å². The zero-order chi connectivity index (χ0) is 21.4. The molecule has 164 valence electrons. The second-order valence-corrected chi connectivity index (χ2v) is 7.89. The molecule has 0 amide bonds. The highest BCUT2D eigenvalue weighted by molar-refractivity contribution is 5.84. The maximum absolute atomic E-state index is 12.0. The zero-order valence-electron chi connectivity index (χ0n) is 18.4. The van der Waals surface area contributed by atoms with E-state index in [1.165, 1.54) is 12.8 Å². The number of carbonyl (C=O) groups excluding carboxylic acids is 2. The van der Waals surface area contributed by atoms with Gasteiger partial charge >= 0.3 is 11.9 Å². The fraction of sp³-hybridized carbons (Fsp3) is 0.538. The Hall–Kier alpha value is -2.36. The smallest absolute Gasteiger partial charge is 0.311 e. The number of hydrogen-bond acceptors (Lipinski definition) is 4. The fourth-order valence-corrected chi connectivity index (χ4v) is 3.45. The van der Waals surface area contributed by atoms with Crippen LogP contribution in [-0.2, 0) is 14.3 Å². The Morgan fingerprint density at radius 3 is 2.07 bits per heavy atom. The van der Waals surface area contributed by atoms with Crippen LogP contribution in [0, 0.1) is 0 Å². The van der Waals surface area contributed by atoms with Crippen LogP contribution < -0.4 is 4.74 Å². The van der Waals surface area contributed by atoms with Crippen molar-refractivity contribution in [2.24, 2.45) is 0 Å². The minimum atomic E-state index is -0.174. The molecule has 30 heavy (non-hydrogen) atoms. The van der Waals surface area contributed by atoms with Gasteiger partial charge in [0.15, 0.2) is 0 Å². The molecule has 0 unspecified atom stereocenters. The number of ether oxygens (including phenoxy) is 2. The molecule has 0 saturated heterocycles. The summed E-state index contributed by atoms with van der Waals surface area (Å²) < 4.78 is 10.7. The van der Waals surface area contributed by atoms with Gasteiger partial charge in [-0.3, -0.25) is 9.59 Å². The van der Waals surface area contributed by atoms with E-state index in [9.17, 15) is 9.59 Å². The first-order valence-electron chi connectivity index (χ1n) is 11.5. The third-order valence-electron chi connectivity index (χ3n) is 5.23. The predicted octanol–water partition coefficient (Wildman–Crippen LogP) is 6.99. The number of benzene rings is 2. The second-order valence-electron chi connectivity index (χ2n) is 7.89. The highest BCUT2D eigenvalue weighted by Crippen LogP contribution is 2.21. The largest absolute Gasteiger partial charge is 0.466 e. The minimum Gasteiger partial charge on any atom is -0.466 e. The van der Waals surface area contributed by atoms with Gasteiger partial charge in [0.2, 0.25) is 0 Å². The van der Waals surface area contributed by atoms with Crippen molar-refractivity contribution in [3.63, 3.8) is 0 Å². The molecule has 4 heteroatoms. The SMILES string of the molecule is CCCCCCOC(=O)CCCCCCCCC(=O)Oc1ccc2ccccc2c1. The summed E-state index contributed by atoms with van der Waals surface area (Å²) in [4.78, 5) is 23.7. The van der Waals surface area contributed by atoms with E-state index in [1.807, 2.05) is 42.5 Å². The van der Waals surface area contributed by atoms with Crippen LogP contribution >= 0.6 is 0 Å². The highest BCUT2D eigenvalue weighted by atomic mass is 16.5. The topological polar surface area (TPSA) is 52.6 Å². The lowest BCUT2D eigenvalue weighted by Gasteiger charge is -2.06. The number of unbranched alkanes of at least 4 members (excludes halogenated alkanes) is 8. The van der Waals surface area contributed by atoms with E-state index < -0.39 is 0 Å². The first-order valence-corrected chi connectivity index (χ1v) is 11.5. The number of esters is 2. The normalized spacial score (nSPS) is 10.8. The molecule has 0 saturated carbocycles. The zero-order valence-corrected chi connectivity index (χ0v) is 18.4. The molecule has 0 aliphatic heterocycles. The number of carbonyl (C=O) groups is 2. The third-order valence-corrected chi connectivity index (χ3v) is 5.23. The summed E-state index contributed by atoms with van der Waals surface area (Å²) in [7, 11) is 0. The average Bonchev–Trinajstić information content (AvgIpc) is 2.75. The highest BCUT2D eigenvalue weighted by Gasteiger charge is 2.06. The Kier molecular flexibility index (Phi) is 11.6. The van der Waals surface area contributed by atoms with E-state index in [4.69, 9.17) is 9.47 Å². The van der Waals surface area contributed by atoms with Gasteiger partial charge in [-0.05, 0) is 42.2 Å². The van der Waals surface area contributed by atoms with Crippen LogP contribution in [0.4, 0.5) is 0 Å². The van der Waals surface area contributed by atoms with Gasteiger partial charge in [0.05, 0.1) is 6.61 Å². The predicted molar refractivity (Wildman–Crippen MR) is 122 cm³/mol. The van der Waals surface area contributed by atoms with E-state index in [0.717, 1.165) is 62.1 Å². The van der Waals surface area contributed by atoms with Gasteiger partial charge in [0.1, 0.15) is 5.75 Å². The molecular formula is C26H36O4. The third kappa shape index (κ3) is 9.91. The molecule has 0 N–H and O–H groups in total. The van der Waals surface area contributed by atoms with Crippen LogP contribution in [0.25, 0.3) is 10.8 Å². The minimum absolute atomic E-state index is 0.0667. The Morgan fingerprint density at radius 1 is 0.700 bits per heavy atom. The molecule has 0 aromatic heterocycles. The van der Waals surface area contributed by atoms with Gasteiger partial charge < -0.3 is 9.47 Å². The molecule has 0 spiro atoms.